The van der Waals surface area contributed by atoms with Crippen LogP contribution >= 0.6 is 0 Å². The summed E-state index contributed by atoms with van der Waals surface area (Å²) in [6.45, 7) is 0. The molecule has 0 saturated carbocycles. The van der Waals surface area contributed by atoms with E-state index in [0.29, 0.717) is 40.5 Å². The summed E-state index contributed by atoms with van der Waals surface area (Å²) < 4.78 is 12.9. The maximum atomic E-state index is 6.47. The number of ether oxygens (including phenoxy) is 2. The van der Waals surface area contributed by atoms with Gasteiger partial charge in [0.05, 0.1) is 0 Å². The first-order valence-electron chi connectivity index (χ1n) is 16.5. The van der Waals surface area contributed by atoms with Gasteiger partial charge in [0.1, 0.15) is 0 Å². The SMILES string of the molecule is c1ccc(-c2cc(-c3ccccc3)cc(-c3ccc4c(c3)Oc3ccc(-c5nc(-c6ccccc6)nc(-c6ccccc6)n5)cc3O4)c2)cc1. The predicted molar refractivity (Wildman–Crippen MR) is 199 cm³/mol. The summed E-state index contributed by atoms with van der Waals surface area (Å²) in [4.78, 5) is 14.6. The van der Waals surface area contributed by atoms with Crippen LogP contribution in [0.4, 0.5) is 0 Å². The van der Waals surface area contributed by atoms with Crippen molar-refractivity contribution in [2.45, 2.75) is 0 Å². The Morgan fingerprint density at radius 1 is 0.240 bits per heavy atom. The number of benzene rings is 7. The van der Waals surface area contributed by atoms with Gasteiger partial charge in [0.15, 0.2) is 40.5 Å². The molecule has 0 aliphatic carbocycles. The molecule has 9 rings (SSSR count). The van der Waals surface area contributed by atoms with Crippen LogP contribution in [0, 0.1) is 0 Å². The van der Waals surface area contributed by atoms with Gasteiger partial charge in [0, 0.05) is 16.7 Å². The van der Waals surface area contributed by atoms with Crippen molar-refractivity contribution in [3.05, 3.63) is 176 Å². The van der Waals surface area contributed by atoms with Crippen molar-refractivity contribution in [2.24, 2.45) is 0 Å². The highest BCUT2D eigenvalue weighted by Gasteiger charge is 2.22. The summed E-state index contributed by atoms with van der Waals surface area (Å²) in [5, 5.41) is 0. The first-order valence-corrected chi connectivity index (χ1v) is 16.5. The second-order valence-corrected chi connectivity index (χ2v) is 12.1. The van der Waals surface area contributed by atoms with E-state index in [1.807, 2.05) is 97.1 Å². The van der Waals surface area contributed by atoms with E-state index in [2.05, 4.69) is 78.9 Å². The van der Waals surface area contributed by atoms with E-state index in [4.69, 9.17) is 24.4 Å². The van der Waals surface area contributed by atoms with Gasteiger partial charge in [-0.15, -0.1) is 0 Å². The highest BCUT2D eigenvalue weighted by molar-refractivity contribution is 5.82. The van der Waals surface area contributed by atoms with Crippen LogP contribution in [-0.2, 0) is 0 Å². The average molecular weight is 644 g/mol. The van der Waals surface area contributed by atoms with Crippen molar-refractivity contribution in [1.29, 1.82) is 0 Å². The Morgan fingerprint density at radius 3 is 1.02 bits per heavy atom. The topological polar surface area (TPSA) is 57.1 Å². The molecule has 236 valence electrons. The molecule has 0 amide bonds. The molecule has 5 heteroatoms. The van der Waals surface area contributed by atoms with Crippen molar-refractivity contribution >= 4 is 0 Å². The van der Waals surface area contributed by atoms with Crippen LogP contribution in [0.2, 0.25) is 0 Å². The molecule has 1 aliphatic rings. The lowest BCUT2D eigenvalue weighted by atomic mass is 9.93. The van der Waals surface area contributed by atoms with E-state index in [0.717, 1.165) is 38.9 Å². The van der Waals surface area contributed by atoms with Gasteiger partial charge in [-0.25, -0.2) is 15.0 Å². The van der Waals surface area contributed by atoms with Gasteiger partial charge in [0.2, 0.25) is 0 Å². The fraction of sp³-hybridized carbons (Fsp3) is 0. The van der Waals surface area contributed by atoms with E-state index in [-0.39, 0.29) is 0 Å². The second kappa shape index (κ2) is 12.6. The summed E-state index contributed by atoms with van der Waals surface area (Å²) in [6.07, 6.45) is 0. The lowest BCUT2D eigenvalue weighted by Gasteiger charge is -2.22. The van der Waals surface area contributed by atoms with E-state index in [1.54, 1.807) is 0 Å². The molecule has 0 atom stereocenters. The molecule has 0 radical (unpaired) electrons. The summed E-state index contributed by atoms with van der Waals surface area (Å²) in [6, 6.07) is 59.5. The number of hydrogen-bond acceptors (Lipinski definition) is 5. The standard InChI is InChI=1S/C45H29N3O2/c1-5-13-30(14-6-1)36-25-37(31-15-7-2-8-16-31)27-38(26-36)34-21-23-39-41(28-34)49-40-24-22-35(29-42(40)50-39)45-47-43(32-17-9-3-10-18-32)46-44(48-45)33-19-11-4-12-20-33/h1-29H. The average Bonchev–Trinajstić information content (AvgIpc) is 3.20. The summed E-state index contributed by atoms with van der Waals surface area (Å²) in [5.74, 6) is 4.30. The summed E-state index contributed by atoms with van der Waals surface area (Å²) in [7, 11) is 0. The van der Waals surface area contributed by atoms with Crippen molar-refractivity contribution in [2.75, 3.05) is 0 Å². The first-order chi connectivity index (χ1) is 24.7. The van der Waals surface area contributed by atoms with Crippen LogP contribution in [0.25, 0.3) is 67.5 Å². The molecule has 8 aromatic rings. The monoisotopic (exact) mass is 643 g/mol. The molecule has 0 bridgehead atoms. The normalized spacial score (nSPS) is 11.5. The van der Waals surface area contributed by atoms with E-state index < -0.39 is 0 Å². The third kappa shape index (κ3) is 5.78. The molecule has 0 fully saturated rings. The van der Waals surface area contributed by atoms with Crippen LogP contribution < -0.4 is 9.47 Å². The van der Waals surface area contributed by atoms with E-state index >= 15 is 0 Å². The number of nitrogens with zero attached hydrogens (tertiary/aromatic N) is 3. The zero-order chi connectivity index (χ0) is 33.3. The van der Waals surface area contributed by atoms with Crippen LogP contribution in [0.3, 0.4) is 0 Å². The molecule has 7 aromatic carbocycles. The molecule has 0 spiro atoms. The molecule has 5 nitrogen and oxygen atoms in total. The number of hydrogen-bond donors (Lipinski definition) is 0. The largest absolute Gasteiger partial charge is 0.449 e. The van der Waals surface area contributed by atoms with Gasteiger partial charge < -0.3 is 9.47 Å². The van der Waals surface area contributed by atoms with Gasteiger partial charge in [-0.05, 0) is 81.9 Å². The molecule has 1 aromatic heterocycles. The van der Waals surface area contributed by atoms with Gasteiger partial charge in [0.25, 0.3) is 0 Å². The van der Waals surface area contributed by atoms with Crippen molar-refractivity contribution in [1.82, 2.24) is 15.0 Å². The zero-order valence-corrected chi connectivity index (χ0v) is 26.9. The van der Waals surface area contributed by atoms with Crippen molar-refractivity contribution < 1.29 is 9.47 Å². The Balaban J connectivity index is 1.07. The number of fused-ring (bicyclic) bond motifs is 2. The van der Waals surface area contributed by atoms with Gasteiger partial charge in [-0.3, -0.25) is 0 Å². The van der Waals surface area contributed by atoms with E-state index in [9.17, 15) is 0 Å². The maximum Gasteiger partial charge on any atom is 0.170 e. The lowest BCUT2D eigenvalue weighted by Crippen LogP contribution is -2.02. The lowest BCUT2D eigenvalue weighted by molar-refractivity contribution is 0.360. The first kappa shape index (κ1) is 29.3. The van der Waals surface area contributed by atoms with Gasteiger partial charge in [-0.2, -0.15) is 0 Å². The third-order valence-electron chi connectivity index (χ3n) is 8.77. The zero-order valence-electron chi connectivity index (χ0n) is 26.9. The Labute approximate surface area is 290 Å². The predicted octanol–water partition coefficient (Wildman–Crippen LogP) is 11.8. The van der Waals surface area contributed by atoms with E-state index in [1.165, 1.54) is 11.1 Å². The van der Waals surface area contributed by atoms with Crippen LogP contribution in [0.1, 0.15) is 0 Å². The van der Waals surface area contributed by atoms with Crippen molar-refractivity contribution in [3.8, 4) is 90.5 Å². The highest BCUT2D eigenvalue weighted by Crippen LogP contribution is 2.48. The Kier molecular flexibility index (Phi) is 7.41. The number of aromatic nitrogens is 3. The minimum atomic E-state index is 0.553. The highest BCUT2D eigenvalue weighted by atomic mass is 16.6. The maximum absolute atomic E-state index is 6.47. The summed E-state index contributed by atoms with van der Waals surface area (Å²) in [5.41, 5.74) is 9.40. The molecule has 2 heterocycles. The smallest absolute Gasteiger partial charge is 0.170 e. The minimum Gasteiger partial charge on any atom is -0.449 e. The quantitative estimate of drug-likeness (QED) is 0.180. The fourth-order valence-electron chi connectivity index (χ4n) is 6.23. The molecular formula is C45H29N3O2. The van der Waals surface area contributed by atoms with Gasteiger partial charge >= 0.3 is 0 Å². The summed E-state index contributed by atoms with van der Waals surface area (Å²) >= 11 is 0. The second-order valence-electron chi connectivity index (χ2n) is 12.1. The fourth-order valence-corrected chi connectivity index (χ4v) is 6.23. The molecular weight excluding hydrogens is 615 g/mol. The molecule has 0 unspecified atom stereocenters. The molecule has 1 aliphatic heterocycles. The Bertz CT molecular complexity index is 2180. The molecule has 0 N–H and O–H groups in total. The Hall–Kier alpha value is -6.85. The van der Waals surface area contributed by atoms with Crippen LogP contribution in [0.5, 0.6) is 23.0 Å². The minimum absolute atomic E-state index is 0.553. The Morgan fingerprint density at radius 2 is 0.580 bits per heavy atom. The van der Waals surface area contributed by atoms with Gasteiger partial charge in [-0.1, -0.05) is 127 Å². The molecule has 50 heavy (non-hydrogen) atoms. The number of rotatable bonds is 6. The molecule has 0 saturated heterocycles. The van der Waals surface area contributed by atoms with Crippen LogP contribution in [-0.4, -0.2) is 15.0 Å². The third-order valence-corrected chi connectivity index (χ3v) is 8.77. The van der Waals surface area contributed by atoms with Crippen molar-refractivity contribution in [3.63, 3.8) is 0 Å². The van der Waals surface area contributed by atoms with Crippen LogP contribution in [0.15, 0.2) is 176 Å².